The SMILES string of the molecule is CCCN(CC(=O)NCCOC)C1CCC(N)CC1. The van der Waals surface area contributed by atoms with Crippen molar-refractivity contribution < 1.29 is 9.53 Å². The Morgan fingerprint density at radius 2 is 2.05 bits per heavy atom. The van der Waals surface area contributed by atoms with Crippen LogP contribution in [0.1, 0.15) is 39.0 Å². The van der Waals surface area contributed by atoms with Gasteiger partial charge in [0.1, 0.15) is 0 Å². The summed E-state index contributed by atoms with van der Waals surface area (Å²) in [6, 6.07) is 0.878. The van der Waals surface area contributed by atoms with E-state index >= 15 is 0 Å². The first-order chi connectivity index (χ1) is 9.17. The van der Waals surface area contributed by atoms with Crippen molar-refractivity contribution in [3.8, 4) is 0 Å². The van der Waals surface area contributed by atoms with Crippen LogP contribution in [0.3, 0.4) is 0 Å². The summed E-state index contributed by atoms with van der Waals surface area (Å²) >= 11 is 0. The Labute approximate surface area is 116 Å². The first-order valence-corrected chi connectivity index (χ1v) is 7.42. The van der Waals surface area contributed by atoms with E-state index in [0.29, 0.717) is 31.8 Å². The van der Waals surface area contributed by atoms with E-state index in [1.54, 1.807) is 7.11 Å². The van der Waals surface area contributed by atoms with Crippen molar-refractivity contribution in [2.24, 2.45) is 5.73 Å². The van der Waals surface area contributed by atoms with Crippen LogP contribution in [0.5, 0.6) is 0 Å². The van der Waals surface area contributed by atoms with Crippen molar-refractivity contribution >= 4 is 5.91 Å². The van der Waals surface area contributed by atoms with E-state index < -0.39 is 0 Å². The third kappa shape index (κ3) is 6.36. The molecule has 0 aromatic heterocycles. The standard InChI is InChI=1S/C14H29N3O2/c1-3-9-17(11-14(18)16-8-10-19-2)13-6-4-12(15)5-7-13/h12-13H,3-11,15H2,1-2H3,(H,16,18). The second-order valence-corrected chi connectivity index (χ2v) is 5.38. The normalized spacial score (nSPS) is 23.6. The van der Waals surface area contributed by atoms with Crippen LogP contribution in [0.2, 0.25) is 0 Å². The predicted octanol–water partition coefficient (Wildman–Crippen LogP) is 0.731. The highest BCUT2D eigenvalue weighted by Crippen LogP contribution is 2.22. The molecule has 3 N–H and O–H groups in total. The van der Waals surface area contributed by atoms with E-state index in [1.165, 1.54) is 0 Å². The lowest BCUT2D eigenvalue weighted by molar-refractivity contribution is -0.123. The lowest BCUT2D eigenvalue weighted by Gasteiger charge is -2.35. The zero-order valence-corrected chi connectivity index (χ0v) is 12.4. The van der Waals surface area contributed by atoms with Gasteiger partial charge in [-0.25, -0.2) is 0 Å². The van der Waals surface area contributed by atoms with Crippen LogP contribution in [0, 0.1) is 0 Å². The molecule has 5 nitrogen and oxygen atoms in total. The summed E-state index contributed by atoms with van der Waals surface area (Å²) in [5.41, 5.74) is 5.94. The van der Waals surface area contributed by atoms with E-state index in [-0.39, 0.29) is 5.91 Å². The molecule has 5 heteroatoms. The molecule has 1 aliphatic carbocycles. The summed E-state index contributed by atoms with van der Waals surface area (Å²) in [5, 5.41) is 2.89. The summed E-state index contributed by atoms with van der Waals surface area (Å²) < 4.78 is 4.93. The van der Waals surface area contributed by atoms with Crippen LogP contribution < -0.4 is 11.1 Å². The number of nitrogens with two attached hydrogens (primary N) is 1. The number of hydrogen-bond acceptors (Lipinski definition) is 4. The first kappa shape index (κ1) is 16.4. The molecule has 1 rings (SSSR count). The summed E-state index contributed by atoms with van der Waals surface area (Å²) in [5.74, 6) is 0.0976. The van der Waals surface area contributed by atoms with Crippen LogP contribution in [-0.2, 0) is 9.53 Å². The number of hydrogen-bond donors (Lipinski definition) is 2. The van der Waals surface area contributed by atoms with Crippen LogP contribution in [0.4, 0.5) is 0 Å². The molecule has 0 aromatic rings. The second kappa shape index (κ2) is 9.28. The third-order valence-electron chi connectivity index (χ3n) is 3.74. The minimum atomic E-state index is 0.0976. The summed E-state index contributed by atoms with van der Waals surface area (Å²) in [7, 11) is 1.64. The lowest BCUT2D eigenvalue weighted by atomic mass is 9.90. The average molecular weight is 271 g/mol. The van der Waals surface area contributed by atoms with E-state index in [9.17, 15) is 4.79 Å². The van der Waals surface area contributed by atoms with Crippen molar-refractivity contribution in [1.82, 2.24) is 10.2 Å². The first-order valence-electron chi connectivity index (χ1n) is 7.42. The van der Waals surface area contributed by atoms with Crippen molar-refractivity contribution in [2.45, 2.75) is 51.1 Å². The van der Waals surface area contributed by atoms with Crippen molar-refractivity contribution in [1.29, 1.82) is 0 Å². The quantitative estimate of drug-likeness (QED) is 0.639. The van der Waals surface area contributed by atoms with Gasteiger partial charge in [-0.1, -0.05) is 6.92 Å². The Morgan fingerprint density at radius 1 is 1.37 bits per heavy atom. The van der Waals surface area contributed by atoms with Crippen LogP contribution >= 0.6 is 0 Å². The van der Waals surface area contributed by atoms with Gasteiger partial charge in [-0.2, -0.15) is 0 Å². The maximum Gasteiger partial charge on any atom is 0.234 e. The van der Waals surface area contributed by atoms with E-state index in [2.05, 4.69) is 17.1 Å². The van der Waals surface area contributed by atoms with Gasteiger partial charge in [0.2, 0.25) is 5.91 Å². The number of nitrogens with one attached hydrogen (secondary N) is 1. The smallest absolute Gasteiger partial charge is 0.234 e. The molecule has 0 heterocycles. The van der Waals surface area contributed by atoms with Crippen molar-refractivity contribution in [3.05, 3.63) is 0 Å². The molecule has 0 bridgehead atoms. The van der Waals surface area contributed by atoms with Crippen molar-refractivity contribution in [3.63, 3.8) is 0 Å². The average Bonchev–Trinajstić information content (AvgIpc) is 2.39. The summed E-state index contributed by atoms with van der Waals surface area (Å²) in [6.45, 7) is 4.79. The van der Waals surface area contributed by atoms with Gasteiger partial charge in [-0.3, -0.25) is 9.69 Å². The monoisotopic (exact) mass is 271 g/mol. The number of carbonyl (C=O) groups is 1. The van der Waals surface area contributed by atoms with Crippen LogP contribution in [0.25, 0.3) is 0 Å². The predicted molar refractivity (Wildman–Crippen MR) is 77.0 cm³/mol. The molecule has 1 amide bonds. The minimum absolute atomic E-state index is 0.0976. The molecule has 1 fully saturated rings. The van der Waals surface area contributed by atoms with E-state index in [4.69, 9.17) is 10.5 Å². The maximum absolute atomic E-state index is 11.9. The van der Waals surface area contributed by atoms with Gasteiger partial charge in [0.25, 0.3) is 0 Å². The molecule has 0 radical (unpaired) electrons. The Morgan fingerprint density at radius 3 is 2.63 bits per heavy atom. The number of methoxy groups -OCH3 is 1. The molecule has 0 aromatic carbocycles. The Balaban J connectivity index is 2.36. The largest absolute Gasteiger partial charge is 0.383 e. The molecule has 0 saturated heterocycles. The number of rotatable bonds is 8. The fourth-order valence-corrected chi connectivity index (χ4v) is 2.68. The molecule has 1 saturated carbocycles. The number of amides is 1. The number of carbonyl (C=O) groups excluding carboxylic acids is 1. The van der Waals surface area contributed by atoms with Gasteiger partial charge in [0, 0.05) is 25.7 Å². The highest BCUT2D eigenvalue weighted by atomic mass is 16.5. The fourth-order valence-electron chi connectivity index (χ4n) is 2.68. The fraction of sp³-hybridized carbons (Fsp3) is 0.929. The van der Waals surface area contributed by atoms with Crippen LogP contribution in [0.15, 0.2) is 0 Å². The van der Waals surface area contributed by atoms with Gasteiger partial charge >= 0.3 is 0 Å². The van der Waals surface area contributed by atoms with Gasteiger partial charge < -0.3 is 15.8 Å². The van der Waals surface area contributed by atoms with Gasteiger partial charge in [-0.15, -0.1) is 0 Å². The van der Waals surface area contributed by atoms with E-state index in [1.807, 2.05) is 0 Å². The molecule has 1 aliphatic rings. The molecular formula is C14H29N3O2. The number of ether oxygens (including phenoxy) is 1. The summed E-state index contributed by atoms with van der Waals surface area (Å²) in [6.07, 6.45) is 5.47. The lowest BCUT2D eigenvalue weighted by Crippen LogP contribution is -2.46. The third-order valence-corrected chi connectivity index (χ3v) is 3.74. The Hall–Kier alpha value is -0.650. The molecule has 0 spiro atoms. The van der Waals surface area contributed by atoms with Crippen LogP contribution in [-0.4, -0.2) is 56.2 Å². The molecule has 0 atom stereocenters. The topological polar surface area (TPSA) is 67.6 Å². The van der Waals surface area contributed by atoms with E-state index in [0.717, 1.165) is 38.6 Å². The van der Waals surface area contributed by atoms with Gasteiger partial charge in [0.05, 0.1) is 13.2 Å². The molecule has 0 unspecified atom stereocenters. The molecule has 112 valence electrons. The Bertz CT molecular complexity index is 253. The van der Waals surface area contributed by atoms with Gasteiger partial charge in [-0.05, 0) is 38.6 Å². The van der Waals surface area contributed by atoms with Crippen molar-refractivity contribution in [2.75, 3.05) is 33.4 Å². The molecular weight excluding hydrogens is 242 g/mol. The second-order valence-electron chi connectivity index (χ2n) is 5.38. The zero-order chi connectivity index (χ0) is 14.1. The molecule has 0 aliphatic heterocycles. The Kier molecular flexibility index (Phi) is 8.02. The maximum atomic E-state index is 11.9. The zero-order valence-electron chi connectivity index (χ0n) is 12.4. The summed E-state index contributed by atoms with van der Waals surface area (Å²) in [4.78, 5) is 14.2. The minimum Gasteiger partial charge on any atom is -0.383 e. The number of nitrogens with zero attached hydrogens (tertiary/aromatic N) is 1. The highest BCUT2D eigenvalue weighted by molar-refractivity contribution is 5.78. The molecule has 19 heavy (non-hydrogen) atoms. The highest BCUT2D eigenvalue weighted by Gasteiger charge is 2.24. The van der Waals surface area contributed by atoms with Gasteiger partial charge in [0.15, 0.2) is 0 Å².